The van der Waals surface area contributed by atoms with Crippen LogP contribution in [0.2, 0.25) is 0 Å². The second kappa shape index (κ2) is 7.65. The Hall–Kier alpha value is -3.09. The van der Waals surface area contributed by atoms with Gasteiger partial charge in [0.25, 0.3) is 5.56 Å². The maximum absolute atomic E-state index is 13.3. The van der Waals surface area contributed by atoms with E-state index in [9.17, 15) is 18.4 Å². The lowest BCUT2D eigenvalue weighted by Crippen LogP contribution is -2.37. The first-order valence-electron chi connectivity index (χ1n) is 8.59. The molecule has 1 N–H and O–H groups in total. The van der Waals surface area contributed by atoms with E-state index in [0.717, 1.165) is 16.8 Å². The number of hydrogen-bond acceptors (Lipinski definition) is 3. The van der Waals surface area contributed by atoms with Crippen LogP contribution in [-0.4, -0.2) is 15.6 Å². The van der Waals surface area contributed by atoms with E-state index in [2.05, 4.69) is 10.4 Å². The van der Waals surface area contributed by atoms with Crippen LogP contribution in [0.3, 0.4) is 0 Å². The van der Waals surface area contributed by atoms with Crippen LogP contribution >= 0.6 is 0 Å². The van der Waals surface area contributed by atoms with E-state index in [4.69, 9.17) is 0 Å². The molecule has 5 nitrogen and oxygen atoms in total. The molecular weight excluding hydrogens is 352 g/mol. The molecule has 7 heteroatoms. The summed E-state index contributed by atoms with van der Waals surface area (Å²) in [6.45, 7) is 3.96. The summed E-state index contributed by atoms with van der Waals surface area (Å²) >= 11 is 0. The first kappa shape index (κ1) is 18.7. The number of benzene rings is 2. The molecule has 1 amide bonds. The number of amides is 1. The Morgan fingerprint density at radius 1 is 1.15 bits per heavy atom. The maximum atomic E-state index is 13.3. The summed E-state index contributed by atoms with van der Waals surface area (Å²) in [7, 11) is 0. The van der Waals surface area contributed by atoms with Gasteiger partial charge in [0.05, 0.1) is 17.3 Å². The Bertz CT molecular complexity index is 1060. The second-order valence-corrected chi connectivity index (χ2v) is 6.74. The summed E-state index contributed by atoms with van der Waals surface area (Å²) in [6, 6.07) is 10.2. The van der Waals surface area contributed by atoms with Crippen LogP contribution in [0.15, 0.2) is 47.3 Å². The Morgan fingerprint density at radius 2 is 1.89 bits per heavy atom. The minimum Gasteiger partial charge on any atom is -0.273 e. The standard InChI is InChI=1S/C20H19F2N3O2/c1-12(2)9-18-23-17-6-4-3-5-14(17)20(27)25(18)24-19(26)11-13-7-8-15(21)16(22)10-13/h3-8,10,12H,9,11H2,1-2H3,(H,24,26). The number of nitrogens with one attached hydrogen (secondary N) is 1. The zero-order chi connectivity index (χ0) is 19.6. The average molecular weight is 371 g/mol. The van der Waals surface area contributed by atoms with Crippen molar-refractivity contribution in [1.29, 1.82) is 0 Å². The Kier molecular flexibility index (Phi) is 5.30. The zero-order valence-corrected chi connectivity index (χ0v) is 15.0. The van der Waals surface area contributed by atoms with Gasteiger partial charge >= 0.3 is 0 Å². The summed E-state index contributed by atoms with van der Waals surface area (Å²) in [6.07, 6.45) is 0.295. The lowest BCUT2D eigenvalue weighted by Gasteiger charge is -2.15. The van der Waals surface area contributed by atoms with Gasteiger partial charge in [-0.15, -0.1) is 0 Å². The van der Waals surface area contributed by atoms with Crippen molar-refractivity contribution in [2.24, 2.45) is 5.92 Å². The van der Waals surface area contributed by atoms with E-state index in [1.807, 2.05) is 13.8 Å². The molecular formula is C20H19F2N3O2. The summed E-state index contributed by atoms with van der Waals surface area (Å²) in [5.74, 6) is -1.87. The van der Waals surface area contributed by atoms with Crippen LogP contribution < -0.4 is 11.0 Å². The van der Waals surface area contributed by atoms with Gasteiger partial charge in [0.15, 0.2) is 11.6 Å². The molecule has 0 fully saturated rings. The van der Waals surface area contributed by atoms with Crippen molar-refractivity contribution in [3.63, 3.8) is 0 Å². The summed E-state index contributed by atoms with van der Waals surface area (Å²) in [5.41, 5.74) is 3.03. The van der Waals surface area contributed by atoms with Gasteiger partial charge in [-0.25, -0.2) is 18.4 Å². The SMILES string of the molecule is CC(C)Cc1nc2ccccc2c(=O)n1NC(=O)Cc1ccc(F)c(F)c1. The average Bonchev–Trinajstić information content (AvgIpc) is 2.61. The topological polar surface area (TPSA) is 64.0 Å². The van der Waals surface area contributed by atoms with Crippen LogP contribution in [-0.2, 0) is 17.6 Å². The number of carbonyl (C=O) groups excluding carboxylic acids is 1. The summed E-state index contributed by atoms with van der Waals surface area (Å²) in [5, 5.41) is 0.387. The van der Waals surface area contributed by atoms with Gasteiger partial charge < -0.3 is 0 Å². The number of halogens is 2. The molecule has 1 aromatic heterocycles. The molecule has 0 aliphatic heterocycles. The normalized spacial score (nSPS) is 11.1. The maximum Gasteiger partial charge on any atom is 0.280 e. The molecule has 0 unspecified atom stereocenters. The van der Waals surface area contributed by atoms with Gasteiger partial charge in [-0.2, -0.15) is 0 Å². The fourth-order valence-corrected chi connectivity index (χ4v) is 2.80. The number of para-hydroxylation sites is 1. The molecule has 0 saturated carbocycles. The fraction of sp³-hybridized carbons (Fsp3) is 0.250. The largest absolute Gasteiger partial charge is 0.280 e. The number of hydrogen-bond donors (Lipinski definition) is 1. The first-order chi connectivity index (χ1) is 12.8. The van der Waals surface area contributed by atoms with E-state index < -0.39 is 17.5 Å². The number of rotatable bonds is 5. The highest BCUT2D eigenvalue weighted by atomic mass is 19.2. The van der Waals surface area contributed by atoms with Crippen LogP contribution in [0, 0.1) is 17.6 Å². The zero-order valence-electron chi connectivity index (χ0n) is 15.0. The van der Waals surface area contributed by atoms with Crippen molar-refractivity contribution in [2.75, 3.05) is 5.43 Å². The highest BCUT2D eigenvalue weighted by molar-refractivity contribution is 5.86. The van der Waals surface area contributed by atoms with E-state index in [1.165, 1.54) is 6.07 Å². The predicted octanol–water partition coefficient (Wildman–Crippen LogP) is 3.19. The quantitative estimate of drug-likeness (QED) is 0.749. The van der Waals surface area contributed by atoms with Crippen LogP contribution in [0.1, 0.15) is 25.2 Å². The molecule has 0 atom stereocenters. The third kappa shape index (κ3) is 4.19. The Balaban J connectivity index is 1.94. The Labute approximate surface area is 154 Å². The van der Waals surface area contributed by atoms with E-state index >= 15 is 0 Å². The predicted molar refractivity (Wildman–Crippen MR) is 99.0 cm³/mol. The van der Waals surface area contributed by atoms with Gasteiger partial charge in [0.1, 0.15) is 5.82 Å². The van der Waals surface area contributed by atoms with E-state index in [-0.39, 0.29) is 17.9 Å². The molecule has 0 radical (unpaired) electrons. The van der Waals surface area contributed by atoms with Crippen molar-refractivity contribution >= 4 is 16.8 Å². The molecule has 0 spiro atoms. The molecule has 1 heterocycles. The number of fused-ring (bicyclic) bond motifs is 1. The number of aromatic nitrogens is 2. The highest BCUT2D eigenvalue weighted by Crippen LogP contribution is 2.12. The second-order valence-electron chi connectivity index (χ2n) is 6.74. The van der Waals surface area contributed by atoms with Gasteiger partial charge in [-0.1, -0.05) is 32.0 Å². The molecule has 3 rings (SSSR count). The van der Waals surface area contributed by atoms with Crippen LogP contribution in [0.4, 0.5) is 8.78 Å². The molecule has 0 aliphatic carbocycles. The highest BCUT2D eigenvalue weighted by Gasteiger charge is 2.15. The Morgan fingerprint density at radius 3 is 2.59 bits per heavy atom. The molecule has 140 valence electrons. The van der Waals surface area contributed by atoms with Crippen LogP contribution in [0.5, 0.6) is 0 Å². The van der Waals surface area contributed by atoms with Gasteiger partial charge in [0.2, 0.25) is 5.91 Å². The molecule has 0 aliphatic rings. The fourth-order valence-electron chi connectivity index (χ4n) is 2.80. The monoisotopic (exact) mass is 371 g/mol. The third-order valence-corrected chi connectivity index (χ3v) is 4.02. The summed E-state index contributed by atoms with van der Waals surface area (Å²) in [4.78, 5) is 29.7. The van der Waals surface area contributed by atoms with Crippen molar-refractivity contribution < 1.29 is 13.6 Å². The van der Waals surface area contributed by atoms with Crippen LogP contribution in [0.25, 0.3) is 10.9 Å². The molecule has 0 saturated heterocycles. The lowest BCUT2D eigenvalue weighted by molar-refractivity contribution is -0.116. The van der Waals surface area contributed by atoms with Gasteiger partial charge in [-0.05, 0) is 35.7 Å². The van der Waals surface area contributed by atoms with Crippen molar-refractivity contribution in [2.45, 2.75) is 26.7 Å². The minimum absolute atomic E-state index is 0.197. The number of carbonyl (C=O) groups is 1. The number of nitrogens with zero attached hydrogens (tertiary/aromatic N) is 2. The summed E-state index contributed by atoms with van der Waals surface area (Å²) < 4.78 is 27.5. The lowest BCUT2D eigenvalue weighted by atomic mass is 10.1. The molecule has 2 aromatic carbocycles. The van der Waals surface area contributed by atoms with Crippen molar-refractivity contribution in [3.05, 3.63) is 75.8 Å². The minimum atomic E-state index is -1.02. The van der Waals surface area contributed by atoms with E-state index in [1.54, 1.807) is 24.3 Å². The van der Waals surface area contributed by atoms with E-state index in [0.29, 0.717) is 28.7 Å². The van der Waals surface area contributed by atoms with Crippen molar-refractivity contribution in [3.8, 4) is 0 Å². The first-order valence-corrected chi connectivity index (χ1v) is 8.59. The molecule has 3 aromatic rings. The third-order valence-electron chi connectivity index (χ3n) is 4.02. The molecule has 27 heavy (non-hydrogen) atoms. The van der Waals surface area contributed by atoms with Crippen molar-refractivity contribution in [1.82, 2.24) is 9.66 Å². The van der Waals surface area contributed by atoms with Gasteiger partial charge in [0, 0.05) is 6.42 Å². The molecule has 0 bridgehead atoms. The smallest absolute Gasteiger partial charge is 0.273 e. The van der Waals surface area contributed by atoms with Gasteiger partial charge in [-0.3, -0.25) is 15.0 Å².